The van der Waals surface area contributed by atoms with E-state index in [9.17, 15) is 18.0 Å². The van der Waals surface area contributed by atoms with Gasteiger partial charge in [0, 0.05) is 13.1 Å². The number of rotatable bonds is 12. The highest BCUT2D eigenvalue weighted by Gasteiger charge is 2.32. The van der Waals surface area contributed by atoms with Crippen LogP contribution >= 0.6 is 0 Å². The van der Waals surface area contributed by atoms with Crippen molar-refractivity contribution in [2.45, 2.75) is 64.4 Å². The van der Waals surface area contributed by atoms with Crippen molar-refractivity contribution < 1.29 is 18.0 Å². The van der Waals surface area contributed by atoms with E-state index in [1.807, 2.05) is 50.2 Å². The minimum atomic E-state index is -4.07. The second-order valence-corrected chi connectivity index (χ2v) is 11.8. The number of sulfonamides is 1. The second kappa shape index (κ2) is 13.4. The molecular weight excluding hydrogens is 510 g/mol. The van der Waals surface area contributed by atoms with Crippen LogP contribution in [0.3, 0.4) is 0 Å². The van der Waals surface area contributed by atoms with Crippen LogP contribution in [0, 0.1) is 6.92 Å². The quantitative estimate of drug-likeness (QED) is 0.334. The Labute approximate surface area is 232 Å². The maximum atomic E-state index is 14.0. The van der Waals surface area contributed by atoms with E-state index in [0.717, 1.165) is 27.4 Å². The normalized spacial score (nSPS) is 12.2. The van der Waals surface area contributed by atoms with E-state index >= 15 is 0 Å². The first-order valence-corrected chi connectivity index (χ1v) is 14.8. The van der Waals surface area contributed by atoms with Gasteiger partial charge in [-0.05, 0) is 67.1 Å². The van der Waals surface area contributed by atoms with Crippen LogP contribution in [-0.4, -0.2) is 44.3 Å². The third-order valence-electron chi connectivity index (χ3n) is 6.78. The molecule has 0 bridgehead atoms. The van der Waals surface area contributed by atoms with Gasteiger partial charge in [-0.3, -0.25) is 13.9 Å². The first-order chi connectivity index (χ1) is 18.6. The van der Waals surface area contributed by atoms with Gasteiger partial charge in [0.2, 0.25) is 11.8 Å². The van der Waals surface area contributed by atoms with E-state index in [1.54, 1.807) is 37.3 Å². The fraction of sp³-hybridized carbons (Fsp3) is 0.355. The third kappa shape index (κ3) is 7.47. The second-order valence-electron chi connectivity index (χ2n) is 9.99. The SMILES string of the molecule is CCCNC(=O)[C@@H](C)N(Cc1ccccc1C)C(=O)CN(c1ccc(C(C)C)cc1)S(=O)(=O)c1ccccc1. The Kier molecular flexibility index (Phi) is 10.3. The van der Waals surface area contributed by atoms with Crippen molar-refractivity contribution in [2.75, 3.05) is 17.4 Å². The zero-order valence-corrected chi connectivity index (χ0v) is 24.2. The Hall–Kier alpha value is -3.65. The summed E-state index contributed by atoms with van der Waals surface area (Å²) in [6, 6.07) is 22.2. The highest BCUT2D eigenvalue weighted by molar-refractivity contribution is 7.92. The predicted octanol–water partition coefficient (Wildman–Crippen LogP) is 5.26. The Bertz CT molecular complexity index is 1360. The van der Waals surface area contributed by atoms with Crippen LogP contribution in [-0.2, 0) is 26.2 Å². The molecule has 8 heteroatoms. The molecule has 0 saturated heterocycles. The Balaban J connectivity index is 2.03. The summed E-state index contributed by atoms with van der Waals surface area (Å²) in [4.78, 5) is 28.5. The number of anilines is 1. The third-order valence-corrected chi connectivity index (χ3v) is 8.56. The van der Waals surface area contributed by atoms with Gasteiger partial charge in [-0.25, -0.2) is 8.42 Å². The van der Waals surface area contributed by atoms with Crippen LogP contribution in [0.25, 0.3) is 0 Å². The van der Waals surface area contributed by atoms with Gasteiger partial charge >= 0.3 is 0 Å². The molecule has 39 heavy (non-hydrogen) atoms. The summed E-state index contributed by atoms with van der Waals surface area (Å²) in [6.07, 6.45) is 0.764. The summed E-state index contributed by atoms with van der Waals surface area (Å²) in [6.45, 7) is 9.92. The van der Waals surface area contributed by atoms with Crippen LogP contribution in [0.5, 0.6) is 0 Å². The van der Waals surface area contributed by atoms with Gasteiger partial charge in [0.25, 0.3) is 10.0 Å². The van der Waals surface area contributed by atoms with Crippen molar-refractivity contribution in [2.24, 2.45) is 0 Å². The Morgan fingerprint density at radius 1 is 0.872 bits per heavy atom. The topological polar surface area (TPSA) is 86.8 Å². The molecule has 0 aliphatic carbocycles. The Morgan fingerprint density at radius 3 is 2.08 bits per heavy atom. The predicted molar refractivity (Wildman–Crippen MR) is 156 cm³/mol. The molecule has 0 radical (unpaired) electrons. The summed E-state index contributed by atoms with van der Waals surface area (Å²) in [5, 5.41) is 2.86. The lowest BCUT2D eigenvalue weighted by atomic mass is 10.0. The molecule has 1 atom stereocenters. The molecule has 0 unspecified atom stereocenters. The molecule has 3 rings (SSSR count). The maximum Gasteiger partial charge on any atom is 0.264 e. The molecule has 208 valence electrons. The monoisotopic (exact) mass is 549 g/mol. The van der Waals surface area contributed by atoms with E-state index in [0.29, 0.717) is 12.2 Å². The highest BCUT2D eigenvalue weighted by atomic mass is 32.2. The average Bonchev–Trinajstić information content (AvgIpc) is 2.94. The van der Waals surface area contributed by atoms with Gasteiger partial charge in [0.15, 0.2) is 0 Å². The smallest absolute Gasteiger partial charge is 0.264 e. The molecule has 3 aromatic carbocycles. The number of nitrogens with zero attached hydrogens (tertiary/aromatic N) is 2. The molecule has 2 amide bonds. The average molecular weight is 550 g/mol. The first-order valence-electron chi connectivity index (χ1n) is 13.4. The van der Waals surface area contributed by atoms with Crippen molar-refractivity contribution in [1.29, 1.82) is 0 Å². The minimum absolute atomic E-state index is 0.0879. The molecule has 0 aliphatic rings. The molecule has 3 aromatic rings. The lowest BCUT2D eigenvalue weighted by Gasteiger charge is -2.32. The number of carbonyl (C=O) groups excluding carboxylic acids is 2. The lowest BCUT2D eigenvalue weighted by Crippen LogP contribution is -2.51. The fourth-order valence-corrected chi connectivity index (χ4v) is 5.66. The largest absolute Gasteiger partial charge is 0.354 e. The first kappa shape index (κ1) is 29.9. The summed E-state index contributed by atoms with van der Waals surface area (Å²) in [7, 11) is -4.07. The zero-order valence-electron chi connectivity index (χ0n) is 23.4. The van der Waals surface area contributed by atoms with Gasteiger partial charge in [0.05, 0.1) is 10.6 Å². The summed E-state index contributed by atoms with van der Waals surface area (Å²) < 4.78 is 28.8. The van der Waals surface area contributed by atoms with E-state index < -0.39 is 28.5 Å². The van der Waals surface area contributed by atoms with Gasteiger partial charge in [-0.1, -0.05) is 75.4 Å². The highest BCUT2D eigenvalue weighted by Crippen LogP contribution is 2.26. The van der Waals surface area contributed by atoms with E-state index in [-0.39, 0.29) is 23.3 Å². The lowest BCUT2D eigenvalue weighted by molar-refractivity contribution is -0.139. The maximum absolute atomic E-state index is 14.0. The van der Waals surface area contributed by atoms with Crippen LogP contribution in [0.15, 0.2) is 83.8 Å². The van der Waals surface area contributed by atoms with E-state index in [2.05, 4.69) is 19.2 Å². The van der Waals surface area contributed by atoms with Crippen molar-refractivity contribution >= 4 is 27.5 Å². The number of hydrogen-bond acceptors (Lipinski definition) is 4. The summed E-state index contributed by atoms with van der Waals surface area (Å²) in [5.41, 5.74) is 3.31. The standard InChI is InChI=1S/C31H39N3O4S/c1-6-20-32-31(36)25(5)33(21-27-13-11-10-12-24(27)4)30(35)22-34(28-18-16-26(17-19-28)23(2)3)39(37,38)29-14-8-7-9-15-29/h7-19,23,25H,6,20-22H2,1-5H3,(H,32,36)/t25-/m1/s1. The molecule has 0 fully saturated rings. The van der Waals surface area contributed by atoms with Gasteiger partial charge in [-0.15, -0.1) is 0 Å². The van der Waals surface area contributed by atoms with Crippen LogP contribution < -0.4 is 9.62 Å². The van der Waals surface area contributed by atoms with Gasteiger partial charge in [0.1, 0.15) is 12.6 Å². The number of amides is 2. The van der Waals surface area contributed by atoms with Gasteiger partial charge in [-0.2, -0.15) is 0 Å². The number of aryl methyl sites for hydroxylation is 1. The van der Waals surface area contributed by atoms with E-state index in [1.165, 1.54) is 17.0 Å². The molecule has 0 aromatic heterocycles. The minimum Gasteiger partial charge on any atom is -0.354 e. The summed E-state index contributed by atoms with van der Waals surface area (Å²) >= 11 is 0. The molecule has 7 nitrogen and oxygen atoms in total. The molecule has 0 heterocycles. The number of hydrogen-bond donors (Lipinski definition) is 1. The van der Waals surface area contributed by atoms with E-state index in [4.69, 9.17) is 0 Å². The number of benzene rings is 3. The zero-order chi connectivity index (χ0) is 28.6. The Morgan fingerprint density at radius 2 is 1.49 bits per heavy atom. The van der Waals surface area contributed by atoms with Gasteiger partial charge < -0.3 is 10.2 Å². The molecular formula is C31H39N3O4S. The van der Waals surface area contributed by atoms with Crippen molar-refractivity contribution in [3.63, 3.8) is 0 Å². The molecule has 0 saturated carbocycles. The van der Waals surface area contributed by atoms with Crippen molar-refractivity contribution in [1.82, 2.24) is 10.2 Å². The molecule has 0 spiro atoms. The van der Waals surface area contributed by atoms with Crippen LogP contribution in [0.1, 0.15) is 56.7 Å². The number of carbonyl (C=O) groups is 2. The molecule has 0 aliphatic heterocycles. The van der Waals surface area contributed by atoms with Crippen molar-refractivity contribution in [3.05, 3.63) is 95.6 Å². The van der Waals surface area contributed by atoms with Crippen LogP contribution in [0.2, 0.25) is 0 Å². The number of nitrogens with one attached hydrogen (secondary N) is 1. The summed E-state index contributed by atoms with van der Waals surface area (Å²) in [5.74, 6) is -0.477. The fourth-order valence-electron chi connectivity index (χ4n) is 4.22. The van der Waals surface area contributed by atoms with Crippen LogP contribution in [0.4, 0.5) is 5.69 Å². The van der Waals surface area contributed by atoms with Crippen molar-refractivity contribution in [3.8, 4) is 0 Å². The molecule has 1 N–H and O–H groups in total.